The van der Waals surface area contributed by atoms with Gasteiger partial charge in [-0.25, -0.2) is 9.78 Å². The summed E-state index contributed by atoms with van der Waals surface area (Å²) in [6, 6.07) is 3.29. The molecule has 0 aliphatic rings. The largest absolute Gasteiger partial charge is 0.384 e. The fourth-order valence-electron chi connectivity index (χ4n) is 0.901. The number of primary amides is 1. The Morgan fingerprint density at radius 1 is 1.39 bits per heavy atom. The van der Waals surface area contributed by atoms with Gasteiger partial charge >= 0.3 is 5.69 Å². The van der Waals surface area contributed by atoms with Crippen LogP contribution in [-0.2, 0) is 0 Å². The second kappa shape index (κ2) is 6.36. The molecule has 0 aliphatic carbocycles. The van der Waals surface area contributed by atoms with E-state index in [1.807, 2.05) is 0 Å². The van der Waals surface area contributed by atoms with E-state index in [1.165, 1.54) is 12.4 Å². The van der Waals surface area contributed by atoms with Gasteiger partial charge in [-0.15, -0.1) is 0 Å². The molecule has 0 spiro atoms. The van der Waals surface area contributed by atoms with Crippen LogP contribution in [-0.4, -0.2) is 20.9 Å². The molecule has 0 unspecified atom stereocenters. The molecule has 2 aromatic heterocycles. The van der Waals surface area contributed by atoms with Crippen molar-refractivity contribution in [2.24, 2.45) is 5.73 Å². The molecule has 2 rings (SSSR count). The Morgan fingerprint density at radius 3 is 2.50 bits per heavy atom. The lowest BCUT2D eigenvalue weighted by molar-refractivity contribution is 0.1000. The average Bonchev–Trinajstić information content (AvgIpc) is 2.36. The molecule has 0 atom stereocenters. The number of H-pyrrole nitrogens is 1. The van der Waals surface area contributed by atoms with E-state index in [0.29, 0.717) is 5.56 Å². The number of halogens is 1. The normalized spacial score (nSPS) is 9.17. The molecule has 7 nitrogen and oxygen atoms in total. The summed E-state index contributed by atoms with van der Waals surface area (Å²) < 4.78 is 0. The molecule has 94 valence electrons. The molecule has 8 heteroatoms. The first kappa shape index (κ1) is 13.7. The van der Waals surface area contributed by atoms with Gasteiger partial charge in [-0.2, -0.15) is 0 Å². The number of amides is 1. The third-order valence-corrected chi connectivity index (χ3v) is 2.04. The molecule has 0 fully saturated rings. The van der Waals surface area contributed by atoms with Gasteiger partial charge in [0.15, 0.2) is 0 Å². The first-order valence-corrected chi connectivity index (χ1v) is 5.08. The van der Waals surface area contributed by atoms with E-state index in [0.717, 1.165) is 0 Å². The van der Waals surface area contributed by atoms with Crippen LogP contribution in [0, 0.1) is 0 Å². The van der Waals surface area contributed by atoms with E-state index in [4.69, 9.17) is 23.1 Å². The molecule has 1 amide bonds. The second-order valence-corrected chi connectivity index (χ2v) is 3.46. The van der Waals surface area contributed by atoms with E-state index < -0.39 is 11.6 Å². The van der Waals surface area contributed by atoms with Crippen LogP contribution in [0.5, 0.6) is 0 Å². The minimum Gasteiger partial charge on any atom is -0.384 e. The van der Waals surface area contributed by atoms with Crippen LogP contribution in [0.1, 0.15) is 10.4 Å². The summed E-state index contributed by atoms with van der Waals surface area (Å²) in [5, 5.41) is 0.259. The summed E-state index contributed by atoms with van der Waals surface area (Å²) in [7, 11) is 0. The van der Waals surface area contributed by atoms with Crippen LogP contribution >= 0.6 is 11.6 Å². The molecule has 0 bridgehead atoms. The van der Waals surface area contributed by atoms with Gasteiger partial charge in [0.1, 0.15) is 5.82 Å². The second-order valence-electron chi connectivity index (χ2n) is 3.06. The van der Waals surface area contributed by atoms with E-state index in [1.54, 1.807) is 18.3 Å². The van der Waals surface area contributed by atoms with Crippen molar-refractivity contribution in [2.75, 3.05) is 5.73 Å². The average molecular weight is 268 g/mol. The van der Waals surface area contributed by atoms with Crippen molar-refractivity contribution < 1.29 is 4.79 Å². The van der Waals surface area contributed by atoms with Crippen molar-refractivity contribution in [1.29, 1.82) is 0 Å². The first-order chi connectivity index (χ1) is 8.50. The fourth-order valence-corrected chi connectivity index (χ4v) is 0.997. The molecule has 5 N–H and O–H groups in total. The zero-order chi connectivity index (χ0) is 13.5. The topological polar surface area (TPSA) is 128 Å². The van der Waals surface area contributed by atoms with Crippen molar-refractivity contribution in [3.05, 3.63) is 51.8 Å². The number of carbonyl (C=O) groups excluding carboxylic acids is 1. The number of aromatic nitrogens is 3. The van der Waals surface area contributed by atoms with Gasteiger partial charge in [0, 0.05) is 12.4 Å². The Balaban J connectivity index is 0.000000180. The molecular formula is C10H10ClN5O2. The Hall–Kier alpha value is -2.41. The highest BCUT2D eigenvalue weighted by Gasteiger charge is 1.95. The van der Waals surface area contributed by atoms with Crippen LogP contribution in [0.15, 0.2) is 35.5 Å². The standard InChI is InChI=1S/C6H6N2O.C4H4ClN3O/c7-6(9)5-2-1-3-8-4-5;5-2-1-7-4(9)8-3(2)6/h1-4H,(H2,7,9);1H,(H3,6,7,8,9). The number of aromatic amines is 1. The third kappa shape index (κ3) is 4.22. The molecular weight excluding hydrogens is 258 g/mol. The SMILES string of the molecule is NC(=O)c1cccnc1.Nc1[nH]c(=O)ncc1Cl. The summed E-state index contributed by atoms with van der Waals surface area (Å²) >= 11 is 5.42. The summed E-state index contributed by atoms with van der Waals surface area (Å²) in [6.07, 6.45) is 4.23. The quantitative estimate of drug-likeness (QED) is 0.679. The molecule has 0 radical (unpaired) electrons. The molecule has 0 saturated carbocycles. The van der Waals surface area contributed by atoms with Gasteiger partial charge in [0.25, 0.3) is 0 Å². The summed E-state index contributed by atoms with van der Waals surface area (Å²) in [6.45, 7) is 0. The Kier molecular flexibility index (Phi) is 4.82. The molecule has 0 aliphatic heterocycles. The van der Waals surface area contributed by atoms with Gasteiger partial charge in [-0.3, -0.25) is 14.8 Å². The number of rotatable bonds is 1. The zero-order valence-electron chi connectivity index (χ0n) is 9.13. The number of hydrogen-bond acceptors (Lipinski definition) is 5. The highest BCUT2D eigenvalue weighted by atomic mass is 35.5. The molecule has 2 aromatic rings. The van der Waals surface area contributed by atoms with Crippen LogP contribution in [0.25, 0.3) is 0 Å². The first-order valence-electron chi connectivity index (χ1n) is 4.71. The van der Waals surface area contributed by atoms with Gasteiger partial charge in [-0.1, -0.05) is 11.6 Å². The maximum atomic E-state index is 10.4. The summed E-state index contributed by atoms with van der Waals surface area (Å²) in [4.78, 5) is 30.0. The van der Waals surface area contributed by atoms with Gasteiger partial charge in [0.2, 0.25) is 5.91 Å². The summed E-state index contributed by atoms with van der Waals surface area (Å²) in [5.74, 6) is -0.292. The van der Waals surface area contributed by atoms with E-state index in [-0.39, 0.29) is 10.8 Å². The number of nitrogens with two attached hydrogens (primary N) is 2. The highest BCUT2D eigenvalue weighted by Crippen LogP contribution is 2.09. The Labute approximate surface area is 107 Å². The van der Waals surface area contributed by atoms with E-state index in [2.05, 4.69) is 15.0 Å². The van der Waals surface area contributed by atoms with Crippen LogP contribution in [0.3, 0.4) is 0 Å². The monoisotopic (exact) mass is 267 g/mol. The maximum Gasteiger partial charge on any atom is 0.346 e. The van der Waals surface area contributed by atoms with Gasteiger partial charge < -0.3 is 11.5 Å². The number of pyridine rings is 1. The van der Waals surface area contributed by atoms with E-state index in [9.17, 15) is 9.59 Å². The highest BCUT2D eigenvalue weighted by molar-refractivity contribution is 6.32. The lowest BCUT2D eigenvalue weighted by Crippen LogP contribution is -2.11. The fraction of sp³-hybridized carbons (Fsp3) is 0. The minimum atomic E-state index is -0.489. The number of hydrogen-bond donors (Lipinski definition) is 3. The number of nitrogens with zero attached hydrogens (tertiary/aromatic N) is 2. The number of nitrogens with one attached hydrogen (secondary N) is 1. The minimum absolute atomic E-state index is 0.150. The van der Waals surface area contributed by atoms with E-state index >= 15 is 0 Å². The van der Waals surface area contributed by atoms with Crippen LogP contribution < -0.4 is 17.2 Å². The molecule has 18 heavy (non-hydrogen) atoms. The van der Waals surface area contributed by atoms with Gasteiger partial charge in [0.05, 0.1) is 16.8 Å². The molecule has 0 saturated heterocycles. The predicted octanol–water partition coefficient (Wildman–Crippen LogP) is 0.186. The zero-order valence-corrected chi connectivity index (χ0v) is 9.89. The lowest BCUT2D eigenvalue weighted by atomic mass is 10.3. The van der Waals surface area contributed by atoms with Crippen LogP contribution in [0.4, 0.5) is 5.82 Å². The van der Waals surface area contributed by atoms with Crippen molar-refractivity contribution in [1.82, 2.24) is 15.0 Å². The smallest absolute Gasteiger partial charge is 0.346 e. The number of carbonyl (C=O) groups is 1. The van der Waals surface area contributed by atoms with Crippen molar-refractivity contribution >= 4 is 23.3 Å². The van der Waals surface area contributed by atoms with Crippen molar-refractivity contribution in [3.8, 4) is 0 Å². The van der Waals surface area contributed by atoms with Crippen molar-refractivity contribution in [2.45, 2.75) is 0 Å². The van der Waals surface area contributed by atoms with Crippen LogP contribution in [0.2, 0.25) is 5.02 Å². The van der Waals surface area contributed by atoms with Crippen molar-refractivity contribution in [3.63, 3.8) is 0 Å². The molecule has 2 heterocycles. The molecule has 0 aromatic carbocycles. The van der Waals surface area contributed by atoms with Gasteiger partial charge in [-0.05, 0) is 12.1 Å². The summed E-state index contributed by atoms with van der Waals surface area (Å²) in [5.41, 5.74) is 10.1. The number of anilines is 1. The predicted molar refractivity (Wildman–Crippen MR) is 67.0 cm³/mol. The maximum absolute atomic E-state index is 10.4. The third-order valence-electron chi connectivity index (χ3n) is 1.74. The number of nitrogen functional groups attached to an aromatic ring is 1. The Bertz CT molecular complexity index is 584. The Morgan fingerprint density at radius 2 is 2.11 bits per heavy atom. The lowest BCUT2D eigenvalue weighted by Gasteiger charge is -1.91.